The van der Waals surface area contributed by atoms with E-state index in [1.165, 1.54) is 38.3 Å². The van der Waals surface area contributed by atoms with Gasteiger partial charge in [0.25, 0.3) is 5.91 Å². The Balaban J connectivity index is 1.86. The third kappa shape index (κ3) is 3.75. The van der Waals surface area contributed by atoms with Crippen LogP contribution in [-0.4, -0.2) is 40.6 Å². The summed E-state index contributed by atoms with van der Waals surface area (Å²) in [4.78, 5) is 20.5. The lowest BCUT2D eigenvalue weighted by molar-refractivity contribution is -0.252. The summed E-state index contributed by atoms with van der Waals surface area (Å²) in [6, 6.07) is 4.68. The van der Waals surface area contributed by atoms with Gasteiger partial charge in [-0.2, -0.15) is 18.4 Å². The van der Waals surface area contributed by atoms with Crippen LogP contribution in [0.4, 0.5) is 17.6 Å². The first-order chi connectivity index (χ1) is 14.8. The Bertz CT molecular complexity index is 1070. The first-order valence-corrected chi connectivity index (χ1v) is 9.56. The van der Waals surface area contributed by atoms with Gasteiger partial charge in [0, 0.05) is 18.3 Å². The van der Waals surface area contributed by atoms with E-state index < -0.39 is 46.9 Å². The number of hydrogen-bond acceptors (Lipinski definition) is 6. The van der Waals surface area contributed by atoms with E-state index in [-0.39, 0.29) is 17.7 Å². The maximum Gasteiger partial charge on any atom is 0.424 e. The second-order valence-corrected chi connectivity index (χ2v) is 8.30. The van der Waals surface area contributed by atoms with Crippen molar-refractivity contribution < 1.29 is 27.1 Å². The van der Waals surface area contributed by atoms with E-state index in [0.29, 0.717) is 5.70 Å². The number of ether oxygens (including phenoxy) is 1. The fourth-order valence-electron chi connectivity index (χ4n) is 3.49. The molecule has 0 bridgehead atoms. The molecule has 1 amide bonds. The highest BCUT2D eigenvalue weighted by Crippen LogP contribution is 2.51. The second kappa shape index (κ2) is 7.70. The Hall–Kier alpha value is -3.26. The third-order valence-electron chi connectivity index (χ3n) is 6.13. The summed E-state index contributed by atoms with van der Waals surface area (Å²) in [6.45, 7) is 3.17. The molecule has 0 spiro atoms. The van der Waals surface area contributed by atoms with Crippen molar-refractivity contribution in [2.24, 2.45) is 16.1 Å². The number of nitrogens with zero attached hydrogens (tertiary/aromatic N) is 3. The zero-order valence-electron chi connectivity index (χ0n) is 17.5. The van der Waals surface area contributed by atoms with Gasteiger partial charge in [0.2, 0.25) is 5.60 Å². The van der Waals surface area contributed by atoms with Crippen LogP contribution in [0.3, 0.4) is 0 Å². The van der Waals surface area contributed by atoms with E-state index in [0.717, 1.165) is 13.0 Å². The Kier molecular flexibility index (Phi) is 5.63. The van der Waals surface area contributed by atoms with Crippen LogP contribution in [0.5, 0.6) is 0 Å². The zero-order valence-corrected chi connectivity index (χ0v) is 17.5. The van der Waals surface area contributed by atoms with Crippen LogP contribution in [0, 0.1) is 16.7 Å². The molecule has 2 aliphatic rings. The van der Waals surface area contributed by atoms with E-state index in [1.807, 2.05) is 6.07 Å². The number of aromatic nitrogens is 1. The van der Waals surface area contributed by atoms with Crippen LogP contribution >= 0.6 is 0 Å². The zero-order chi connectivity index (χ0) is 23.9. The molecule has 2 heterocycles. The summed E-state index contributed by atoms with van der Waals surface area (Å²) in [5.74, 6) is -2.02. The van der Waals surface area contributed by atoms with E-state index >= 15 is 4.39 Å². The van der Waals surface area contributed by atoms with Crippen molar-refractivity contribution in [3.8, 4) is 6.07 Å². The van der Waals surface area contributed by atoms with Crippen molar-refractivity contribution in [1.29, 1.82) is 5.26 Å². The van der Waals surface area contributed by atoms with E-state index in [9.17, 15) is 18.0 Å². The molecule has 0 aromatic carbocycles. The molecule has 3 N–H and O–H groups in total. The first-order valence-electron chi connectivity index (χ1n) is 9.56. The molecule has 7 nitrogen and oxygen atoms in total. The van der Waals surface area contributed by atoms with Gasteiger partial charge in [0.05, 0.1) is 23.1 Å². The number of carbonyl (C=O) groups excluding carboxylic acids is 1. The summed E-state index contributed by atoms with van der Waals surface area (Å²) >= 11 is 0. The molecule has 0 saturated heterocycles. The first kappa shape index (κ1) is 23.4. The number of rotatable bonds is 3. The second-order valence-electron chi connectivity index (χ2n) is 8.30. The van der Waals surface area contributed by atoms with Gasteiger partial charge in [0.1, 0.15) is 23.4 Å². The van der Waals surface area contributed by atoms with Crippen molar-refractivity contribution in [3.63, 3.8) is 0 Å². The lowest BCUT2D eigenvalue weighted by Crippen LogP contribution is -2.63. The fourth-order valence-corrected chi connectivity index (χ4v) is 3.49. The van der Waals surface area contributed by atoms with Crippen LogP contribution in [-0.2, 0) is 4.74 Å². The average Bonchev–Trinajstić information content (AvgIpc) is 2.73. The molecule has 0 fully saturated rings. The number of pyridine rings is 1. The maximum absolute atomic E-state index is 15.0. The quantitative estimate of drug-likeness (QED) is 0.685. The number of halogens is 4. The van der Waals surface area contributed by atoms with Crippen LogP contribution in [0.25, 0.3) is 0 Å². The predicted octanol–water partition coefficient (Wildman–Crippen LogP) is 3.30. The molecule has 11 heteroatoms. The van der Waals surface area contributed by atoms with Crippen LogP contribution in [0.1, 0.15) is 43.2 Å². The normalized spacial score (nSPS) is 30.5. The van der Waals surface area contributed by atoms with Crippen molar-refractivity contribution in [2.75, 3.05) is 6.61 Å². The summed E-state index contributed by atoms with van der Waals surface area (Å²) in [7, 11) is 0. The van der Waals surface area contributed by atoms with Gasteiger partial charge >= 0.3 is 6.18 Å². The van der Waals surface area contributed by atoms with Gasteiger partial charge in [0.15, 0.2) is 0 Å². The summed E-state index contributed by atoms with van der Waals surface area (Å²) in [5, 5.41) is 11.4. The Morgan fingerprint density at radius 1 is 1.28 bits per heavy atom. The topological polar surface area (TPSA) is 113 Å². The smallest absolute Gasteiger partial charge is 0.385 e. The molecule has 3 atom stereocenters. The van der Waals surface area contributed by atoms with Gasteiger partial charge in [-0.05, 0) is 38.1 Å². The molecule has 0 radical (unpaired) electrons. The van der Waals surface area contributed by atoms with Crippen LogP contribution < -0.4 is 11.1 Å². The molecule has 1 aromatic rings. The van der Waals surface area contributed by atoms with Gasteiger partial charge in [-0.3, -0.25) is 9.79 Å². The monoisotopic (exact) mass is 451 g/mol. The number of hydrogen-bond donors (Lipinski definition) is 2. The molecule has 3 unspecified atom stereocenters. The number of amidine groups is 1. The number of amides is 1. The maximum atomic E-state index is 15.0. The molecule has 32 heavy (non-hydrogen) atoms. The third-order valence-corrected chi connectivity index (χ3v) is 6.13. The molecule has 170 valence electrons. The Labute approximate surface area is 181 Å². The lowest BCUT2D eigenvalue weighted by atomic mass is 9.66. The standard InChI is InChI=1S/C21H21F4N5O2/c1-18(19(2)11-32-20(3,17(27)30-19)21(23,24)25)8-13(5-7-15(18)22)29-16(31)14-6-4-12(9-26)10-28-14/h4-7,10H,8,11H2,1-3H3,(H2,27,30)(H,29,31). The SMILES string of the molecule is CC1(C2(C)CC(NC(=O)c3ccc(C#N)cn3)=CC=C2F)COC(C)(C(F)(F)F)C(N)=N1. The number of nitrogens with two attached hydrogens (primary N) is 1. The highest BCUT2D eigenvalue weighted by atomic mass is 19.4. The minimum Gasteiger partial charge on any atom is -0.385 e. The van der Waals surface area contributed by atoms with Gasteiger partial charge < -0.3 is 15.8 Å². The minimum atomic E-state index is -4.79. The van der Waals surface area contributed by atoms with E-state index in [2.05, 4.69) is 15.3 Å². The summed E-state index contributed by atoms with van der Waals surface area (Å²) < 4.78 is 60.3. The van der Waals surface area contributed by atoms with Crippen molar-refractivity contribution >= 4 is 11.7 Å². The lowest BCUT2D eigenvalue weighted by Gasteiger charge is -2.49. The largest absolute Gasteiger partial charge is 0.424 e. The van der Waals surface area contributed by atoms with Crippen molar-refractivity contribution in [2.45, 2.75) is 44.5 Å². The predicted molar refractivity (Wildman–Crippen MR) is 107 cm³/mol. The molecule has 3 rings (SSSR count). The van der Waals surface area contributed by atoms with Gasteiger partial charge in [-0.1, -0.05) is 6.92 Å². The van der Waals surface area contributed by atoms with E-state index in [1.54, 1.807) is 0 Å². The van der Waals surface area contributed by atoms with Crippen LogP contribution in [0.2, 0.25) is 0 Å². The number of nitriles is 1. The Morgan fingerprint density at radius 3 is 2.50 bits per heavy atom. The van der Waals surface area contributed by atoms with Gasteiger partial charge in [-0.15, -0.1) is 0 Å². The molecular weight excluding hydrogens is 430 g/mol. The average molecular weight is 451 g/mol. The summed E-state index contributed by atoms with van der Waals surface area (Å²) in [6.07, 6.45) is -1.16. The van der Waals surface area contributed by atoms with Crippen molar-refractivity contribution in [1.82, 2.24) is 10.3 Å². The number of allylic oxidation sites excluding steroid dienone is 3. The van der Waals surface area contributed by atoms with Crippen LogP contribution in [0.15, 0.2) is 47.0 Å². The molecule has 1 aliphatic carbocycles. The Morgan fingerprint density at radius 2 is 1.97 bits per heavy atom. The molecule has 0 saturated carbocycles. The number of nitrogens with one attached hydrogen (secondary N) is 1. The number of alkyl halides is 3. The number of carbonyl (C=O) groups is 1. The van der Waals surface area contributed by atoms with Crippen molar-refractivity contribution in [3.05, 3.63) is 53.3 Å². The van der Waals surface area contributed by atoms with Gasteiger partial charge in [-0.25, -0.2) is 9.37 Å². The highest BCUT2D eigenvalue weighted by Gasteiger charge is 2.61. The number of aliphatic imine (C=N–C) groups is 1. The molecule has 1 aliphatic heterocycles. The minimum absolute atomic E-state index is 0.0389. The fraction of sp³-hybridized carbons (Fsp3) is 0.429. The molecular formula is C21H21F4N5O2. The highest BCUT2D eigenvalue weighted by molar-refractivity contribution is 5.93. The molecule has 1 aromatic heterocycles. The summed E-state index contributed by atoms with van der Waals surface area (Å²) in [5.41, 5.74) is 0.588. The van der Waals surface area contributed by atoms with E-state index in [4.69, 9.17) is 15.7 Å².